The summed E-state index contributed by atoms with van der Waals surface area (Å²) in [6.07, 6.45) is 4.10. The number of rotatable bonds is 14. The summed E-state index contributed by atoms with van der Waals surface area (Å²) in [5.74, 6) is 0.438. The first kappa shape index (κ1) is 29.5. The van der Waals surface area contributed by atoms with E-state index in [-0.39, 0.29) is 18.6 Å². The van der Waals surface area contributed by atoms with Crippen LogP contribution in [0.2, 0.25) is 0 Å². The Morgan fingerprint density at radius 1 is 0.762 bits per heavy atom. The van der Waals surface area contributed by atoms with Crippen LogP contribution < -0.4 is 9.62 Å². The molecule has 0 aliphatic heterocycles. The average Bonchev–Trinajstić information content (AvgIpc) is 3.04. The summed E-state index contributed by atoms with van der Waals surface area (Å²) in [7, 11) is 3.30. The molecule has 0 radical (unpaired) electrons. The van der Waals surface area contributed by atoms with E-state index < -0.39 is 5.82 Å². The van der Waals surface area contributed by atoms with Gasteiger partial charge in [0.15, 0.2) is 12.1 Å². The Morgan fingerprint density at radius 2 is 1.48 bits per heavy atom. The Hall–Kier alpha value is -3.97. The third kappa shape index (κ3) is 7.45. The molecule has 4 aromatic carbocycles. The molecule has 0 saturated heterocycles. The van der Waals surface area contributed by atoms with Crippen LogP contribution in [0, 0.1) is 5.82 Å². The van der Waals surface area contributed by atoms with Crippen molar-refractivity contribution in [2.24, 2.45) is 0 Å². The number of allylic oxidation sites excluding steroid dienone is 1. The Bertz CT molecular complexity index is 1450. The van der Waals surface area contributed by atoms with E-state index in [1.807, 2.05) is 60.7 Å². The van der Waals surface area contributed by atoms with E-state index in [1.54, 1.807) is 26.4 Å². The number of benzene rings is 4. The van der Waals surface area contributed by atoms with E-state index in [9.17, 15) is 0 Å². The van der Waals surface area contributed by atoms with Crippen LogP contribution in [0.1, 0.15) is 53.5 Å². The highest BCUT2D eigenvalue weighted by atomic mass is 19.1. The minimum absolute atomic E-state index is 0.0956. The lowest BCUT2D eigenvalue weighted by atomic mass is 9.79. The molecule has 0 unspecified atom stereocenters. The van der Waals surface area contributed by atoms with Gasteiger partial charge in [-0.3, -0.25) is 0 Å². The predicted octanol–water partition coefficient (Wildman–Crippen LogP) is 8.41. The number of methoxy groups -OCH3 is 2. The van der Waals surface area contributed by atoms with Crippen molar-refractivity contribution in [1.82, 2.24) is 0 Å². The molecule has 6 heteroatoms. The van der Waals surface area contributed by atoms with Gasteiger partial charge < -0.3 is 19.1 Å². The maximum Gasteiger partial charge on any atom is 0.201 e. The number of unbranched alkanes of at least 4 members (excludes halogenated alkanes) is 1. The van der Waals surface area contributed by atoms with Gasteiger partial charge in [0.1, 0.15) is 12.4 Å². The summed E-state index contributed by atoms with van der Waals surface area (Å²) >= 11 is 0. The Labute approximate surface area is 247 Å². The number of fused-ring (bicyclic) bond motifs is 1. The lowest BCUT2D eigenvalue weighted by Crippen LogP contribution is -2.12. The predicted molar refractivity (Wildman–Crippen MR) is 163 cm³/mol. The number of aryl methyl sites for hydroxylation is 1. The second kappa shape index (κ2) is 14.8. The molecule has 5 rings (SSSR count). The largest absolute Gasteiger partial charge is 0.494 e. The van der Waals surface area contributed by atoms with Crippen LogP contribution in [0.15, 0.2) is 97.1 Å². The summed E-state index contributed by atoms with van der Waals surface area (Å²) in [5, 5.41) is 0. The van der Waals surface area contributed by atoms with E-state index in [2.05, 4.69) is 24.3 Å². The zero-order valence-electron chi connectivity index (χ0n) is 24.2. The monoisotopic (exact) mass is 568 g/mol. The summed E-state index contributed by atoms with van der Waals surface area (Å²) in [4.78, 5) is 10.8. The molecule has 1 aliphatic carbocycles. The van der Waals surface area contributed by atoms with E-state index in [4.69, 9.17) is 24.0 Å². The summed E-state index contributed by atoms with van der Waals surface area (Å²) < 4.78 is 31.9. The third-order valence-electron chi connectivity index (χ3n) is 7.48. The van der Waals surface area contributed by atoms with Crippen LogP contribution in [0.25, 0.3) is 11.1 Å². The molecule has 0 fully saturated rings. The fourth-order valence-electron chi connectivity index (χ4n) is 5.29. The Morgan fingerprint density at radius 3 is 2.19 bits per heavy atom. The normalized spacial score (nSPS) is 12.9. The molecule has 42 heavy (non-hydrogen) atoms. The molecule has 5 nitrogen and oxygen atoms in total. The zero-order valence-corrected chi connectivity index (χ0v) is 24.2. The van der Waals surface area contributed by atoms with Gasteiger partial charge in [-0.05, 0) is 95.3 Å². The fourth-order valence-corrected chi connectivity index (χ4v) is 5.29. The first-order chi connectivity index (χ1) is 20.7. The fraction of sp³-hybridized carbons (Fsp3) is 0.278. The molecule has 0 aromatic heterocycles. The lowest BCUT2D eigenvalue weighted by molar-refractivity contribution is -0.219. The van der Waals surface area contributed by atoms with Crippen molar-refractivity contribution in [3.8, 4) is 11.5 Å². The number of halogens is 1. The molecule has 4 aromatic rings. The molecule has 0 N–H and O–H groups in total. The highest BCUT2D eigenvalue weighted by Gasteiger charge is 2.24. The quantitative estimate of drug-likeness (QED) is 0.0661. The van der Waals surface area contributed by atoms with Crippen molar-refractivity contribution < 1.29 is 28.4 Å². The van der Waals surface area contributed by atoms with Gasteiger partial charge in [-0.15, -0.1) is 0 Å². The van der Waals surface area contributed by atoms with Crippen molar-refractivity contribution in [3.63, 3.8) is 0 Å². The van der Waals surface area contributed by atoms with Crippen molar-refractivity contribution >= 4 is 11.1 Å². The average molecular weight is 569 g/mol. The minimum Gasteiger partial charge on any atom is -0.494 e. The van der Waals surface area contributed by atoms with Crippen LogP contribution in [0.3, 0.4) is 0 Å². The zero-order chi connectivity index (χ0) is 29.1. The van der Waals surface area contributed by atoms with Gasteiger partial charge in [0.05, 0.1) is 6.61 Å². The van der Waals surface area contributed by atoms with Gasteiger partial charge >= 0.3 is 0 Å². The highest BCUT2D eigenvalue weighted by molar-refractivity contribution is 6.00. The SMILES string of the molecule is COC(CCCCOc1ccc(C2=C(c3ccccc3)CCc3cc(OOCc4ccccc4)c(F)cc32)cc1)OC. The summed E-state index contributed by atoms with van der Waals surface area (Å²) in [6.45, 7) is 0.844. The van der Waals surface area contributed by atoms with E-state index in [1.165, 1.54) is 5.57 Å². The molecular formula is C36H37FO5. The summed E-state index contributed by atoms with van der Waals surface area (Å²) in [6, 6.07) is 31.4. The molecule has 0 bridgehead atoms. The van der Waals surface area contributed by atoms with Gasteiger partial charge in [-0.1, -0.05) is 72.8 Å². The molecule has 0 saturated carbocycles. The topological polar surface area (TPSA) is 46.2 Å². The second-order valence-corrected chi connectivity index (χ2v) is 10.3. The molecule has 0 spiro atoms. The van der Waals surface area contributed by atoms with Gasteiger partial charge in [-0.25, -0.2) is 4.39 Å². The van der Waals surface area contributed by atoms with Gasteiger partial charge in [0, 0.05) is 14.2 Å². The molecule has 218 valence electrons. The molecule has 0 atom stereocenters. The lowest BCUT2D eigenvalue weighted by Gasteiger charge is -2.25. The maximum atomic E-state index is 15.4. The van der Waals surface area contributed by atoms with Crippen molar-refractivity contribution in [1.29, 1.82) is 0 Å². The van der Waals surface area contributed by atoms with Crippen molar-refractivity contribution in [2.45, 2.75) is 45.0 Å². The van der Waals surface area contributed by atoms with E-state index in [0.717, 1.165) is 71.2 Å². The van der Waals surface area contributed by atoms with Crippen LogP contribution in [0.5, 0.6) is 11.5 Å². The Kier molecular flexibility index (Phi) is 10.4. The van der Waals surface area contributed by atoms with Crippen LogP contribution in [-0.2, 0) is 27.4 Å². The van der Waals surface area contributed by atoms with Crippen molar-refractivity contribution in [2.75, 3.05) is 20.8 Å². The van der Waals surface area contributed by atoms with E-state index >= 15 is 4.39 Å². The minimum atomic E-state index is -0.460. The van der Waals surface area contributed by atoms with Gasteiger partial charge in [0.2, 0.25) is 5.75 Å². The smallest absolute Gasteiger partial charge is 0.201 e. The van der Waals surface area contributed by atoms with Crippen molar-refractivity contribution in [3.05, 3.63) is 131 Å². The molecular weight excluding hydrogens is 531 g/mol. The standard InChI is InChI=1S/C36H37FO5/c1-38-35(39-2)15-9-10-22-40-30-19-16-28(17-20-30)36-31(27-13-7-4-8-14-27)21-18-29-23-34(33(37)24-32(29)36)42-41-25-26-11-5-3-6-12-26/h3-8,11-14,16-17,19-20,23-24,35H,9-10,15,18,21-22,25H2,1-2H3. The second-order valence-electron chi connectivity index (χ2n) is 10.3. The molecule has 0 amide bonds. The highest BCUT2D eigenvalue weighted by Crippen LogP contribution is 2.43. The number of ether oxygens (including phenoxy) is 3. The van der Waals surface area contributed by atoms with Gasteiger partial charge in [-0.2, -0.15) is 4.89 Å². The van der Waals surface area contributed by atoms with Crippen LogP contribution in [0.4, 0.5) is 4.39 Å². The number of hydrogen-bond acceptors (Lipinski definition) is 5. The third-order valence-corrected chi connectivity index (χ3v) is 7.48. The Balaban J connectivity index is 1.35. The first-order valence-electron chi connectivity index (χ1n) is 14.4. The first-order valence-corrected chi connectivity index (χ1v) is 14.4. The van der Waals surface area contributed by atoms with Crippen LogP contribution in [-0.4, -0.2) is 27.1 Å². The summed E-state index contributed by atoms with van der Waals surface area (Å²) in [5.41, 5.74) is 7.20. The van der Waals surface area contributed by atoms with Gasteiger partial charge in [0.25, 0.3) is 0 Å². The molecule has 0 heterocycles. The molecule has 1 aliphatic rings. The number of hydrogen-bond donors (Lipinski definition) is 0. The van der Waals surface area contributed by atoms with Crippen LogP contribution >= 0.6 is 0 Å². The maximum absolute atomic E-state index is 15.4. The van der Waals surface area contributed by atoms with E-state index in [0.29, 0.717) is 6.61 Å².